The van der Waals surface area contributed by atoms with Crippen LogP contribution in [0, 0.1) is 0 Å². The highest BCUT2D eigenvalue weighted by atomic mass is 16.5. The molecule has 1 unspecified atom stereocenters. The third-order valence-corrected chi connectivity index (χ3v) is 2.86. The van der Waals surface area contributed by atoms with Gasteiger partial charge in [0.05, 0.1) is 6.61 Å². The second-order valence-electron chi connectivity index (χ2n) is 4.08. The Hall–Kier alpha value is -1.60. The molecular weight excluding hydrogens is 222 g/mol. The number of nitrogens with one attached hydrogen (secondary N) is 1. The van der Waals surface area contributed by atoms with Crippen LogP contribution in [0.5, 0.6) is 0 Å². The van der Waals surface area contributed by atoms with E-state index in [9.17, 15) is 0 Å². The first-order chi connectivity index (χ1) is 8.13. The van der Waals surface area contributed by atoms with Gasteiger partial charge in [0.2, 0.25) is 5.95 Å². The number of methoxy groups -OCH3 is 1. The van der Waals surface area contributed by atoms with Crippen LogP contribution < -0.4 is 16.8 Å². The SMILES string of the molecule is COC1(CNc2cc(N)nc(N)n2)CCOC1. The van der Waals surface area contributed by atoms with E-state index >= 15 is 0 Å². The van der Waals surface area contributed by atoms with Crippen molar-refractivity contribution in [3.05, 3.63) is 6.07 Å². The average molecular weight is 239 g/mol. The van der Waals surface area contributed by atoms with Gasteiger partial charge < -0.3 is 26.3 Å². The molecule has 7 nitrogen and oxygen atoms in total. The van der Waals surface area contributed by atoms with E-state index in [-0.39, 0.29) is 11.5 Å². The molecule has 1 atom stereocenters. The van der Waals surface area contributed by atoms with E-state index in [2.05, 4.69) is 15.3 Å². The molecule has 5 N–H and O–H groups in total. The molecule has 0 radical (unpaired) electrons. The molecule has 94 valence electrons. The van der Waals surface area contributed by atoms with Gasteiger partial charge in [-0.25, -0.2) is 0 Å². The van der Waals surface area contributed by atoms with E-state index in [1.54, 1.807) is 13.2 Å². The quantitative estimate of drug-likeness (QED) is 0.671. The summed E-state index contributed by atoms with van der Waals surface area (Å²) in [7, 11) is 1.68. The van der Waals surface area contributed by atoms with Crippen molar-refractivity contribution in [2.24, 2.45) is 0 Å². The van der Waals surface area contributed by atoms with Gasteiger partial charge in [-0.2, -0.15) is 9.97 Å². The Morgan fingerprint density at radius 2 is 2.35 bits per heavy atom. The van der Waals surface area contributed by atoms with E-state index in [1.807, 2.05) is 0 Å². The Morgan fingerprint density at radius 1 is 1.53 bits per heavy atom. The van der Waals surface area contributed by atoms with Gasteiger partial charge in [-0.05, 0) is 0 Å². The Kier molecular flexibility index (Phi) is 3.30. The van der Waals surface area contributed by atoms with Gasteiger partial charge in [0, 0.05) is 32.7 Å². The summed E-state index contributed by atoms with van der Waals surface area (Å²) in [6.45, 7) is 1.88. The van der Waals surface area contributed by atoms with Crippen LogP contribution in [0.25, 0.3) is 0 Å². The van der Waals surface area contributed by atoms with Crippen molar-refractivity contribution in [2.45, 2.75) is 12.0 Å². The van der Waals surface area contributed by atoms with Crippen molar-refractivity contribution in [3.8, 4) is 0 Å². The minimum absolute atomic E-state index is 0.154. The number of nitrogens with two attached hydrogens (primary N) is 2. The second-order valence-corrected chi connectivity index (χ2v) is 4.08. The number of rotatable bonds is 4. The first-order valence-electron chi connectivity index (χ1n) is 5.40. The predicted octanol–water partition coefficient (Wildman–Crippen LogP) is -0.142. The van der Waals surface area contributed by atoms with E-state index in [0.29, 0.717) is 31.4 Å². The maximum atomic E-state index is 5.58. The number of hydrogen-bond acceptors (Lipinski definition) is 7. The molecule has 2 heterocycles. The lowest BCUT2D eigenvalue weighted by molar-refractivity contribution is -0.00625. The van der Waals surface area contributed by atoms with Crippen molar-refractivity contribution in [2.75, 3.05) is 43.7 Å². The number of anilines is 3. The molecule has 0 aromatic carbocycles. The molecule has 17 heavy (non-hydrogen) atoms. The highest BCUT2D eigenvalue weighted by Gasteiger charge is 2.34. The van der Waals surface area contributed by atoms with Crippen molar-refractivity contribution >= 4 is 17.6 Å². The third kappa shape index (κ3) is 2.75. The number of nitrogen functional groups attached to an aromatic ring is 2. The Morgan fingerprint density at radius 3 is 2.94 bits per heavy atom. The van der Waals surface area contributed by atoms with Crippen LogP contribution in [-0.4, -0.2) is 42.4 Å². The molecule has 0 spiro atoms. The van der Waals surface area contributed by atoms with Gasteiger partial charge in [0.1, 0.15) is 17.2 Å². The average Bonchev–Trinajstić information content (AvgIpc) is 2.74. The number of nitrogens with zero attached hydrogens (tertiary/aromatic N) is 2. The number of ether oxygens (including phenoxy) is 2. The zero-order chi connectivity index (χ0) is 12.3. The topological polar surface area (TPSA) is 108 Å². The normalized spacial score (nSPS) is 23.8. The lowest BCUT2D eigenvalue weighted by Gasteiger charge is -2.26. The molecule has 1 saturated heterocycles. The third-order valence-electron chi connectivity index (χ3n) is 2.86. The van der Waals surface area contributed by atoms with E-state index < -0.39 is 0 Å². The van der Waals surface area contributed by atoms with Crippen molar-refractivity contribution in [3.63, 3.8) is 0 Å². The van der Waals surface area contributed by atoms with Gasteiger partial charge in [-0.3, -0.25) is 0 Å². The summed E-state index contributed by atoms with van der Waals surface area (Å²) < 4.78 is 10.8. The van der Waals surface area contributed by atoms with E-state index in [4.69, 9.17) is 20.9 Å². The monoisotopic (exact) mass is 239 g/mol. The Labute approximate surface area is 99.5 Å². The highest BCUT2D eigenvalue weighted by molar-refractivity contribution is 5.48. The van der Waals surface area contributed by atoms with Crippen LogP contribution in [0.15, 0.2) is 6.07 Å². The standard InChI is InChI=1S/C10H17N5O2/c1-16-10(2-3-17-6-10)5-13-8-4-7(11)14-9(12)15-8/h4H,2-3,5-6H2,1H3,(H5,11,12,13,14,15). The fraction of sp³-hybridized carbons (Fsp3) is 0.600. The van der Waals surface area contributed by atoms with Crippen LogP contribution in [0.2, 0.25) is 0 Å². The summed E-state index contributed by atoms with van der Waals surface area (Å²) in [5.41, 5.74) is 10.8. The van der Waals surface area contributed by atoms with Gasteiger partial charge in [0.15, 0.2) is 0 Å². The van der Waals surface area contributed by atoms with E-state index in [0.717, 1.165) is 6.42 Å². The van der Waals surface area contributed by atoms with Crippen LogP contribution in [0.3, 0.4) is 0 Å². The Balaban J connectivity index is 2.01. The van der Waals surface area contributed by atoms with E-state index in [1.165, 1.54) is 0 Å². The molecule has 1 aliphatic heterocycles. The zero-order valence-electron chi connectivity index (χ0n) is 9.77. The lowest BCUT2D eigenvalue weighted by atomic mass is 10.0. The summed E-state index contributed by atoms with van der Waals surface area (Å²) in [4.78, 5) is 7.84. The first kappa shape index (κ1) is 11.9. The maximum absolute atomic E-state index is 5.58. The van der Waals surface area contributed by atoms with Gasteiger partial charge in [-0.15, -0.1) is 0 Å². The molecule has 7 heteroatoms. The summed E-state index contributed by atoms with van der Waals surface area (Å²) in [5.74, 6) is 1.09. The number of hydrogen-bond donors (Lipinski definition) is 3. The summed E-state index contributed by atoms with van der Waals surface area (Å²) >= 11 is 0. The Bertz CT molecular complexity index is 372. The molecule has 1 aliphatic rings. The van der Waals surface area contributed by atoms with Crippen LogP contribution in [0.4, 0.5) is 17.6 Å². The minimum Gasteiger partial charge on any atom is -0.383 e. The summed E-state index contributed by atoms with van der Waals surface area (Å²) in [5, 5.41) is 3.14. The van der Waals surface area contributed by atoms with Gasteiger partial charge in [0.25, 0.3) is 0 Å². The smallest absolute Gasteiger partial charge is 0.223 e. The molecule has 0 aliphatic carbocycles. The molecule has 1 fully saturated rings. The molecule has 1 aromatic rings. The molecule has 0 saturated carbocycles. The molecule has 0 bridgehead atoms. The molecular formula is C10H17N5O2. The largest absolute Gasteiger partial charge is 0.383 e. The van der Waals surface area contributed by atoms with Crippen molar-refractivity contribution in [1.82, 2.24) is 9.97 Å². The first-order valence-corrected chi connectivity index (χ1v) is 5.40. The fourth-order valence-corrected chi connectivity index (χ4v) is 1.79. The molecule has 2 rings (SSSR count). The minimum atomic E-state index is -0.297. The van der Waals surface area contributed by atoms with Gasteiger partial charge in [-0.1, -0.05) is 0 Å². The van der Waals surface area contributed by atoms with Crippen LogP contribution in [0.1, 0.15) is 6.42 Å². The molecule has 0 amide bonds. The summed E-state index contributed by atoms with van der Waals surface area (Å²) in [6, 6.07) is 1.63. The van der Waals surface area contributed by atoms with Crippen LogP contribution in [-0.2, 0) is 9.47 Å². The maximum Gasteiger partial charge on any atom is 0.223 e. The van der Waals surface area contributed by atoms with Gasteiger partial charge >= 0.3 is 0 Å². The lowest BCUT2D eigenvalue weighted by Crippen LogP contribution is -2.39. The predicted molar refractivity (Wildman–Crippen MR) is 64.5 cm³/mol. The zero-order valence-corrected chi connectivity index (χ0v) is 9.77. The fourth-order valence-electron chi connectivity index (χ4n) is 1.79. The van der Waals surface area contributed by atoms with Crippen molar-refractivity contribution in [1.29, 1.82) is 0 Å². The number of aromatic nitrogens is 2. The van der Waals surface area contributed by atoms with Crippen LogP contribution >= 0.6 is 0 Å². The second kappa shape index (κ2) is 4.72. The highest BCUT2D eigenvalue weighted by Crippen LogP contribution is 2.23. The van der Waals surface area contributed by atoms with Crippen molar-refractivity contribution < 1.29 is 9.47 Å². The summed E-state index contributed by atoms with van der Waals surface area (Å²) in [6.07, 6.45) is 0.854. The molecule has 1 aromatic heterocycles.